The lowest BCUT2D eigenvalue weighted by Crippen LogP contribution is -2.36. The minimum atomic E-state index is -0.968. The second kappa shape index (κ2) is 9.87. The van der Waals surface area contributed by atoms with Crippen LogP contribution in [0.15, 0.2) is 0 Å². The number of rotatable bonds is 5. The van der Waals surface area contributed by atoms with Crippen molar-refractivity contribution in [3.8, 4) is 0 Å². The molecule has 0 unspecified atom stereocenters. The van der Waals surface area contributed by atoms with Crippen LogP contribution in [0.3, 0.4) is 0 Å². The zero-order valence-corrected chi connectivity index (χ0v) is 9.27. The van der Waals surface area contributed by atoms with Crippen molar-refractivity contribution in [3.05, 3.63) is 0 Å². The van der Waals surface area contributed by atoms with Gasteiger partial charge in [-0.1, -0.05) is 0 Å². The highest BCUT2D eigenvalue weighted by Gasteiger charge is 2.04. The molecule has 8 heteroatoms. The van der Waals surface area contributed by atoms with Gasteiger partial charge in [0.25, 0.3) is 0 Å². The highest BCUT2D eigenvalue weighted by atomic mass is 16.4. The van der Waals surface area contributed by atoms with E-state index in [1.807, 2.05) is 0 Å². The van der Waals surface area contributed by atoms with Crippen molar-refractivity contribution >= 4 is 17.8 Å². The predicted octanol–water partition coefficient (Wildman–Crippen LogP) is -1.53. The first-order valence-corrected chi connectivity index (χ1v) is 4.40. The molecule has 94 valence electrons. The molecule has 0 rings (SSSR count). The highest BCUT2D eigenvalue weighted by molar-refractivity contribution is 5.80. The normalized spacial score (nSPS) is 9.00. The van der Waals surface area contributed by atoms with Gasteiger partial charge in [0.1, 0.15) is 0 Å². The number of carbonyl (C=O) groups excluding carboxylic acids is 1. The Morgan fingerprint density at radius 2 is 1.56 bits per heavy atom. The van der Waals surface area contributed by atoms with Crippen LogP contribution in [0.1, 0.15) is 12.8 Å². The molecule has 1 amide bonds. The molecule has 0 spiro atoms. The molecule has 0 radical (unpaired) electrons. The molecule has 0 saturated carbocycles. The van der Waals surface area contributed by atoms with E-state index in [1.165, 1.54) is 5.01 Å². The first kappa shape index (κ1) is 16.7. The van der Waals surface area contributed by atoms with Gasteiger partial charge in [-0.05, 0) is 0 Å². The standard InChI is InChI=1S/C6H12N2O3.C2H5NO2/c1-8(2)7-5(9)3-4-6(10)11;3-1-2(4)5/h3-4H2,1-2H3,(H,7,9)(H,10,11);1,3H2,(H,4,5). The Bertz CT molecular complexity index is 242. The van der Waals surface area contributed by atoms with E-state index in [0.29, 0.717) is 0 Å². The summed E-state index contributed by atoms with van der Waals surface area (Å²) >= 11 is 0. The number of hydrogen-bond donors (Lipinski definition) is 4. The van der Waals surface area contributed by atoms with Gasteiger partial charge in [-0.15, -0.1) is 0 Å². The van der Waals surface area contributed by atoms with Crippen LogP contribution < -0.4 is 11.2 Å². The van der Waals surface area contributed by atoms with Crippen LogP contribution in [-0.2, 0) is 14.4 Å². The van der Waals surface area contributed by atoms with Crippen LogP contribution in [0.5, 0.6) is 0 Å². The predicted molar refractivity (Wildman–Crippen MR) is 55.4 cm³/mol. The third-order valence-electron chi connectivity index (χ3n) is 1.09. The van der Waals surface area contributed by atoms with Crippen molar-refractivity contribution in [1.82, 2.24) is 10.4 Å². The van der Waals surface area contributed by atoms with Crippen LogP contribution in [0.25, 0.3) is 0 Å². The van der Waals surface area contributed by atoms with E-state index in [1.54, 1.807) is 14.1 Å². The van der Waals surface area contributed by atoms with Crippen LogP contribution in [0.4, 0.5) is 0 Å². The van der Waals surface area contributed by atoms with Gasteiger partial charge in [-0.3, -0.25) is 19.8 Å². The topological polar surface area (TPSA) is 133 Å². The summed E-state index contributed by atoms with van der Waals surface area (Å²) in [5.41, 5.74) is 7.00. The second-order valence-electron chi connectivity index (χ2n) is 2.92. The number of nitrogens with two attached hydrogens (primary N) is 1. The fraction of sp³-hybridized carbons (Fsp3) is 0.625. The molecule has 8 nitrogen and oxygen atoms in total. The Morgan fingerprint density at radius 1 is 1.12 bits per heavy atom. The minimum absolute atomic E-state index is 0.0213. The first-order valence-electron chi connectivity index (χ1n) is 4.40. The first-order chi connectivity index (χ1) is 7.29. The number of carbonyl (C=O) groups is 3. The number of amides is 1. The molecule has 0 aliphatic carbocycles. The number of carboxylic acids is 2. The summed E-state index contributed by atoms with van der Waals surface area (Å²) in [5, 5.41) is 17.3. The summed E-state index contributed by atoms with van der Waals surface area (Å²) in [4.78, 5) is 30.0. The lowest BCUT2D eigenvalue weighted by atomic mass is 10.3. The summed E-state index contributed by atoms with van der Waals surface area (Å²) in [6, 6.07) is 0. The van der Waals surface area contributed by atoms with E-state index < -0.39 is 11.9 Å². The Kier molecular flexibility index (Phi) is 10.3. The van der Waals surface area contributed by atoms with E-state index >= 15 is 0 Å². The fourth-order valence-electron chi connectivity index (χ4n) is 0.526. The summed E-state index contributed by atoms with van der Waals surface area (Å²) in [6.07, 6.45) is -0.104. The van der Waals surface area contributed by atoms with Gasteiger partial charge in [0.2, 0.25) is 5.91 Å². The average Bonchev–Trinajstić information content (AvgIpc) is 2.14. The van der Waals surface area contributed by atoms with Crippen molar-refractivity contribution in [2.75, 3.05) is 20.6 Å². The molecule has 0 heterocycles. The largest absolute Gasteiger partial charge is 0.481 e. The molecule has 0 aliphatic heterocycles. The lowest BCUT2D eigenvalue weighted by molar-refractivity contribution is -0.139. The average molecular weight is 235 g/mol. The molecule has 0 saturated heterocycles. The molecule has 16 heavy (non-hydrogen) atoms. The molecule has 0 aromatic rings. The van der Waals surface area contributed by atoms with Crippen molar-refractivity contribution < 1.29 is 24.6 Å². The van der Waals surface area contributed by atoms with E-state index in [-0.39, 0.29) is 25.3 Å². The maximum atomic E-state index is 10.7. The van der Waals surface area contributed by atoms with Gasteiger partial charge in [0.05, 0.1) is 13.0 Å². The van der Waals surface area contributed by atoms with Crippen LogP contribution in [-0.4, -0.2) is 53.7 Å². The summed E-state index contributed by atoms with van der Waals surface area (Å²) in [7, 11) is 3.33. The zero-order chi connectivity index (χ0) is 13.1. The Balaban J connectivity index is 0. The van der Waals surface area contributed by atoms with Gasteiger partial charge >= 0.3 is 11.9 Å². The Hall–Kier alpha value is -1.67. The van der Waals surface area contributed by atoms with Crippen molar-refractivity contribution in [2.24, 2.45) is 5.73 Å². The number of hydrazine groups is 1. The molecule has 0 aromatic carbocycles. The smallest absolute Gasteiger partial charge is 0.317 e. The molecule has 0 bridgehead atoms. The SMILES string of the molecule is CN(C)NC(=O)CCC(=O)O.NCC(=O)O. The lowest BCUT2D eigenvalue weighted by Gasteiger charge is -2.10. The maximum absolute atomic E-state index is 10.7. The molecule has 5 N–H and O–H groups in total. The molecular formula is C8H17N3O5. The summed E-state index contributed by atoms with van der Waals surface area (Å²) in [6.45, 7) is -0.278. The number of carboxylic acid groups (broad SMARTS) is 2. The molecule has 0 aromatic heterocycles. The number of nitrogens with one attached hydrogen (secondary N) is 1. The summed E-state index contributed by atoms with van der Waals surface area (Å²) < 4.78 is 0. The monoisotopic (exact) mass is 235 g/mol. The third kappa shape index (κ3) is 18.2. The molecule has 0 fully saturated rings. The van der Waals surface area contributed by atoms with E-state index in [9.17, 15) is 14.4 Å². The molecule has 0 atom stereocenters. The second-order valence-corrected chi connectivity index (χ2v) is 2.92. The summed E-state index contributed by atoms with van der Waals surface area (Å²) in [5.74, 6) is -2.21. The Labute approximate surface area is 93.0 Å². The van der Waals surface area contributed by atoms with Crippen LogP contribution in [0, 0.1) is 0 Å². The van der Waals surface area contributed by atoms with E-state index in [2.05, 4.69) is 11.2 Å². The van der Waals surface area contributed by atoms with Gasteiger partial charge in [-0.2, -0.15) is 0 Å². The van der Waals surface area contributed by atoms with Crippen molar-refractivity contribution in [3.63, 3.8) is 0 Å². The van der Waals surface area contributed by atoms with E-state index in [4.69, 9.17) is 10.2 Å². The zero-order valence-electron chi connectivity index (χ0n) is 9.27. The quantitative estimate of drug-likeness (QED) is 0.425. The maximum Gasteiger partial charge on any atom is 0.317 e. The molecule has 0 aliphatic rings. The van der Waals surface area contributed by atoms with Gasteiger partial charge in [0, 0.05) is 20.5 Å². The Morgan fingerprint density at radius 3 is 1.81 bits per heavy atom. The fourth-order valence-corrected chi connectivity index (χ4v) is 0.526. The number of nitrogens with zero attached hydrogens (tertiary/aromatic N) is 1. The van der Waals surface area contributed by atoms with Crippen molar-refractivity contribution in [2.45, 2.75) is 12.8 Å². The number of hydrogen-bond acceptors (Lipinski definition) is 5. The van der Waals surface area contributed by atoms with Crippen LogP contribution >= 0.6 is 0 Å². The molecular weight excluding hydrogens is 218 g/mol. The number of aliphatic carboxylic acids is 2. The van der Waals surface area contributed by atoms with Gasteiger partial charge in [-0.25, -0.2) is 5.01 Å². The minimum Gasteiger partial charge on any atom is -0.481 e. The van der Waals surface area contributed by atoms with Crippen LogP contribution in [0.2, 0.25) is 0 Å². The van der Waals surface area contributed by atoms with E-state index in [0.717, 1.165) is 0 Å². The van der Waals surface area contributed by atoms with Crippen molar-refractivity contribution in [1.29, 1.82) is 0 Å². The highest BCUT2D eigenvalue weighted by Crippen LogP contribution is 1.87. The van der Waals surface area contributed by atoms with Gasteiger partial charge < -0.3 is 15.9 Å². The van der Waals surface area contributed by atoms with Gasteiger partial charge in [0.15, 0.2) is 0 Å². The third-order valence-corrected chi connectivity index (χ3v) is 1.09.